The minimum atomic E-state index is -0.335. The number of ether oxygens (including phenoxy) is 2. The predicted octanol–water partition coefficient (Wildman–Crippen LogP) is 5.25. The van der Waals surface area contributed by atoms with Crippen molar-refractivity contribution in [1.29, 1.82) is 0 Å². The molecule has 0 aliphatic carbocycles. The maximum atomic E-state index is 12.4. The second-order valence-electron chi connectivity index (χ2n) is 6.80. The number of aromatic nitrogens is 3. The molecule has 1 unspecified atom stereocenters. The molecular formula is C22H25BrN4O3S. The van der Waals surface area contributed by atoms with Crippen LogP contribution >= 0.6 is 27.7 Å². The lowest BCUT2D eigenvalue weighted by Crippen LogP contribution is -2.15. The van der Waals surface area contributed by atoms with Crippen LogP contribution in [0, 0.1) is 6.92 Å². The van der Waals surface area contributed by atoms with Gasteiger partial charge in [0.1, 0.15) is 0 Å². The Bertz CT molecular complexity index is 1060. The van der Waals surface area contributed by atoms with Crippen LogP contribution in [-0.4, -0.2) is 33.5 Å². The fraction of sp³-hybridized carbons (Fsp3) is 0.318. The Morgan fingerprint density at radius 1 is 1.23 bits per heavy atom. The molecule has 31 heavy (non-hydrogen) atoms. The zero-order valence-corrected chi connectivity index (χ0v) is 20.3. The lowest BCUT2D eigenvalue weighted by Gasteiger charge is -2.17. The molecule has 0 bridgehead atoms. The fourth-order valence-electron chi connectivity index (χ4n) is 3.01. The number of benzene rings is 2. The van der Waals surface area contributed by atoms with Crippen LogP contribution in [0.25, 0.3) is 0 Å². The molecule has 0 saturated heterocycles. The van der Waals surface area contributed by atoms with E-state index in [0.29, 0.717) is 29.0 Å². The van der Waals surface area contributed by atoms with Crippen molar-refractivity contribution in [2.75, 3.05) is 18.2 Å². The summed E-state index contributed by atoms with van der Waals surface area (Å²) >= 11 is 4.81. The summed E-state index contributed by atoms with van der Waals surface area (Å²) in [6.07, 6.45) is -0.335. The average Bonchev–Trinajstić information content (AvgIpc) is 3.18. The molecule has 1 N–H and O–H groups in total. The molecule has 1 heterocycles. The van der Waals surface area contributed by atoms with E-state index in [2.05, 4.69) is 31.4 Å². The molecule has 1 atom stereocenters. The van der Waals surface area contributed by atoms with Crippen molar-refractivity contribution >= 4 is 39.3 Å². The number of anilines is 1. The number of halogens is 1. The summed E-state index contributed by atoms with van der Waals surface area (Å²) in [5.74, 6) is 2.12. The van der Waals surface area contributed by atoms with Crippen molar-refractivity contribution in [1.82, 2.24) is 14.8 Å². The monoisotopic (exact) mass is 504 g/mol. The van der Waals surface area contributed by atoms with Gasteiger partial charge in [-0.25, -0.2) is 0 Å². The van der Waals surface area contributed by atoms with E-state index in [1.807, 2.05) is 67.8 Å². The summed E-state index contributed by atoms with van der Waals surface area (Å²) < 4.78 is 14.4. The van der Waals surface area contributed by atoms with E-state index in [1.54, 1.807) is 7.11 Å². The van der Waals surface area contributed by atoms with E-state index >= 15 is 0 Å². The normalized spacial score (nSPS) is 11.8. The van der Waals surface area contributed by atoms with Gasteiger partial charge in [-0.1, -0.05) is 39.8 Å². The van der Waals surface area contributed by atoms with Crippen LogP contribution in [0.2, 0.25) is 0 Å². The second kappa shape index (κ2) is 10.7. The Labute approximate surface area is 194 Å². The quantitative estimate of drug-likeness (QED) is 0.401. The summed E-state index contributed by atoms with van der Waals surface area (Å²) in [5.41, 5.74) is 1.83. The highest BCUT2D eigenvalue weighted by Crippen LogP contribution is 2.31. The third-order valence-corrected chi connectivity index (χ3v) is 6.43. The van der Waals surface area contributed by atoms with Gasteiger partial charge in [0.2, 0.25) is 5.91 Å². The number of carbonyl (C=O) groups excluding carboxylic acids is 1. The van der Waals surface area contributed by atoms with Crippen molar-refractivity contribution < 1.29 is 14.3 Å². The molecule has 0 fully saturated rings. The van der Waals surface area contributed by atoms with E-state index in [0.717, 1.165) is 15.7 Å². The van der Waals surface area contributed by atoms with Crippen molar-refractivity contribution in [2.45, 2.75) is 38.6 Å². The van der Waals surface area contributed by atoms with E-state index in [-0.39, 0.29) is 17.8 Å². The molecule has 164 valence electrons. The van der Waals surface area contributed by atoms with Gasteiger partial charge in [0.15, 0.2) is 28.6 Å². The summed E-state index contributed by atoms with van der Waals surface area (Å²) in [4.78, 5) is 12.4. The van der Waals surface area contributed by atoms with Crippen LogP contribution in [0.4, 0.5) is 5.69 Å². The van der Waals surface area contributed by atoms with Crippen molar-refractivity contribution in [2.24, 2.45) is 0 Å². The first-order chi connectivity index (χ1) is 14.9. The summed E-state index contributed by atoms with van der Waals surface area (Å²) in [6.45, 7) is 6.57. The Morgan fingerprint density at radius 3 is 2.65 bits per heavy atom. The number of para-hydroxylation sites is 2. The SMILES string of the molecule is CCn1c(SCC(=O)Nc2ccc(Br)c(C)c2)nnc1C(C)Oc1ccccc1OC. The Kier molecular flexibility index (Phi) is 7.97. The highest BCUT2D eigenvalue weighted by molar-refractivity contribution is 9.10. The molecule has 1 aromatic heterocycles. The number of aryl methyl sites for hydroxylation is 1. The summed E-state index contributed by atoms with van der Waals surface area (Å²) in [7, 11) is 1.61. The standard InChI is InChI=1S/C22H25BrN4O3S/c1-5-27-21(15(3)30-19-9-7-6-8-18(19)29-4)25-26-22(27)31-13-20(28)24-16-10-11-17(23)14(2)12-16/h6-12,15H,5,13H2,1-4H3,(H,24,28). The predicted molar refractivity (Wildman–Crippen MR) is 126 cm³/mol. The first-order valence-electron chi connectivity index (χ1n) is 9.84. The smallest absolute Gasteiger partial charge is 0.234 e. The van der Waals surface area contributed by atoms with Gasteiger partial charge in [-0.2, -0.15) is 0 Å². The van der Waals surface area contributed by atoms with Crippen molar-refractivity contribution in [3.8, 4) is 11.5 Å². The number of hydrogen-bond acceptors (Lipinski definition) is 6. The van der Waals surface area contributed by atoms with E-state index in [9.17, 15) is 4.79 Å². The van der Waals surface area contributed by atoms with Gasteiger partial charge < -0.3 is 19.4 Å². The average molecular weight is 505 g/mol. The molecule has 9 heteroatoms. The third kappa shape index (κ3) is 5.80. The molecule has 0 aliphatic heterocycles. The van der Waals surface area contributed by atoms with Gasteiger partial charge in [0, 0.05) is 16.7 Å². The highest BCUT2D eigenvalue weighted by atomic mass is 79.9. The van der Waals surface area contributed by atoms with Gasteiger partial charge in [0.25, 0.3) is 0 Å². The number of nitrogens with zero attached hydrogens (tertiary/aromatic N) is 3. The highest BCUT2D eigenvalue weighted by Gasteiger charge is 2.20. The van der Waals surface area contributed by atoms with Gasteiger partial charge in [0.05, 0.1) is 12.9 Å². The summed E-state index contributed by atoms with van der Waals surface area (Å²) in [5, 5.41) is 12.2. The lowest BCUT2D eigenvalue weighted by molar-refractivity contribution is -0.113. The third-order valence-electron chi connectivity index (χ3n) is 4.57. The van der Waals surface area contributed by atoms with E-state index in [4.69, 9.17) is 9.47 Å². The van der Waals surface area contributed by atoms with Gasteiger partial charge in [-0.15, -0.1) is 10.2 Å². The molecule has 0 aliphatic rings. The Balaban J connectivity index is 1.65. The van der Waals surface area contributed by atoms with Crippen molar-refractivity contribution in [3.05, 3.63) is 58.3 Å². The van der Waals surface area contributed by atoms with Gasteiger partial charge in [-0.05, 0) is 56.7 Å². The summed E-state index contributed by atoms with van der Waals surface area (Å²) in [6, 6.07) is 13.2. The van der Waals surface area contributed by atoms with E-state index < -0.39 is 0 Å². The number of nitrogens with one attached hydrogen (secondary N) is 1. The van der Waals surface area contributed by atoms with Crippen LogP contribution in [0.3, 0.4) is 0 Å². The Morgan fingerprint density at radius 2 is 1.97 bits per heavy atom. The molecule has 7 nitrogen and oxygen atoms in total. The first kappa shape index (κ1) is 23.1. The lowest BCUT2D eigenvalue weighted by atomic mass is 10.2. The van der Waals surface area contributed by atoms with Gasteiger partial charge >= 0.3 is 0 Å². The van der Waals surface area contributed by atoms with E-state index in [1.165, 1.54) is 11.8 Å². The molecule has 2 aromatic carbocycles. The molecular weight excluding hydrogens is 480 g/mol. The number of amides is 1. The number of carbonyl (C=O) groups is 1. The van der Waals surface area contributed by atoms with Crippen LogP contribution in [0.5, 0.6) is 11.5 Å². The zero-order chi connectivity index (χ0) is 22.4. The minimum Gasteiger partial charge on any atom is -0.493 e. The number of rotatable bonds is 9. The van der Waals surface area contributed by atoms with Crippen LogP contribution < -0.4 is 14.8 Å². The fourth-order valence-corrected chi connectivity index (χ4v) is 4.07. The topological polar surface area (TPSA) is 78.3 Å². The van der Waals surface area contributed by atoms with Crippen molar-refractivity contribution in [3.63, 3.8) is 0 Å². The first-order valence-corrected chi connectivity index (χ1v) is 11.6. The molecule has 0 spiro atoms. The largest absolute Gasteiger partial charge is 0.493 e. The maximum absolute atomic E-state index is 12.4. The Hall–Kier alpha value is -2.52. The molecule has 0 saturated carbocycles. The van der Waals surface area contributed by atoms with Crippen LogP contribution in [0.15, 0.2) is 52.1 Å². The minimum absolute atomic E-state index is 0.0998. The molecule has 3 aromatic rings. The zero-order valence-electron chi connectivity index (χ0n) is 17.9. The van der Waals surface area contributed by atoms with Crippen LogP contribution in [-0.2, 0) is 11.3 Å². The van der Waals surface area contributed by atoms with Gasteiger partial charge in [-0.3, -0.25) is 4.79 Å². The second-order valence-corrected chi connectivity index (χ2v) is 8.59. The maximum Gasteiger partial charge on any atom is 0.234 e. The molecule has 0 radical (unpaired) electrons. The van der Waals surface area contributed by atoms with Crippen LogP contribution in [0.1, 0.15) is 31.3 Å². The number of hydrogen-bond donors (Lipinski definition) is 1. The molecule has 1 amide bonds. The number of methoxy groups -OCH3 is 1. The number of thioether (sulfide) groups is 1. The molecule has 3 rings (SSSR count).